The summed E-state index contributed by atoms with van der Waals surface area (Å²) in [6, 6.07) is 0. The molecule has 2 heterocycles. The van der Waals surface area contributed by atoms with Crippen molar-refractivity contribution in [3.8, 4) is 0 Å². The molecule has 7 heteroatoms. The molecule has 0 unspecified atom stereocenters. The number of nitrogens with one attached hydrogen (secondary N) is 1. The van der Waals surface area contributed by atoms with E-state index in [0.29, 0.717) is 0 Å². The highest BCUT2D eigenvalue weighted by atomic mass is 15.2. The van der Waals surface area contributed by atoms with Gasteiger partial charge in [0.15, 0.2) is 0 Å². The molecule has 0 atom stereocenters. The van der Waals surface area contributed by atoms with Crippen LogP contribution in [0.15, 0.2) is 12.5 Å². The van der Waals surface area contributed by atoms with Crippen LogP contribution >= 0.6 is 0 Å². The van der Waals surface area contributed by atoms with Crippen LogP contribution in [0.4, 0.5) is 11.8 Å². The lowest BCUT2D eigenvalue weighted by Crippen LogP contribution is -2.11. The molecule has 0 saturated carbocycles. The number of nitrogens with two attached hydrogens (primary N) is 1. The molecule has 0 radical (unpaired) electrons. The lowest BCUT2D eigenvalue weighted by molar-refractivity contribution is 0.787. The second-order valence-electron chi connectivity index (χ2n) is 3.79. The van der Waals surface area contributed by atoms with E-state index in [2.05, 4.69) is 25.5 Å². The van der Waals surface area contributed by atoms with Gasteiger partial charge in [0.2, 0.25) is 5.95 Å². The van der Waals surface area contributed by atoms with Crippen molar-refractivity contribution in [3.63, 3.8) is 0 Å². The number of anilines is 2. The number of hydrogen-bond donors (Lipinski definition) is 2. The van der Waals surface area contributed by atoms with E-state index in [-0.39, 0.29) is 5.95 Å². The first-order valence-corrected chi connectivity index (χ1v) is 5.32. The van der Waals surface area contributed by atoms with E-state index in [9.17, 15) is 0 Å². The molecule has 0 saturated heterocycles. The maximum atomic E-state index is 5.53. The van der Waals surface area contributed by atoms with Crippen molar-refractivity contribution in [1.29, 1.82) is 0 Å². The molecule has 0 bridgehead atoms. The second kappa shape index (κ2) is 4.77. The third-order valence-corrected chi connectivity index (χ3v) is 2.44. The normalized spacial score (nSPS) is 10.5. The molecule has 0 aromatic carbocycles. The lowest BCUT2D eigenvalue weighted by Gasteiger charge is -2.08. The molecular weight excluding hydrogens is 218 g/mol. The molecule has 90 valence electrons. The van der Waals surface area contributed by atoms with Gasteiger partial charge in [0.1, 0.15) is 18.0 Å². The fourth-order valence-electron chi connectivity index (χ4n) is 1.46. The molecule has 17 heavy (non-hydrogen) atoms. The van der Waals surface area contributed by atoms with Gasteiger partial charge in [-0.25, -0.2) is 4.98 Å². The van der Waals surface area contributed by atoms with Crippen LogP contribution in [-0.2, 0) is 13.5 Å². The van der Waals surface area contributed by atoms with E-state index in [1.165, 1.54) is 0 Å². The molecule has 0 aliphatic heterocycles. The molecule has 7 nitrogen and oxygen atoms in total. The average Bonchev–Trinajstić information content (AvgIpc) is 2.70. The first-order valence-electron chi connectivity index (χ1n) is 5.32. The summed E-state index contributed by atoms with van der Waals surface area (Å²) in [4.78, 5) is 8.04. The molecule has 0 fully saturated rings. The van der Waals surface area contributed by atoms with Gasteiger partial charge in [0, 0.05) is 31.8 Å². The van der Waals surface area contributed by atoms with Gasteiger partial charge in [0.25, 0.3) is 0 Å². The van der Waals surface area contributed by atoms with Crippen molar-refractivity contribution < 1.29 is 0 Å². The Labute approximate surface area is 99.1 Å². The zero-order valence-electron chi connectivity index (χ0n) is 9.88. The predicted molar refractivity (Wildman–Crippen MR) is 64.4 cm³/mol. The van der Waals surface area contributed by atoms with Crippen molar-refractivity contribution in [2.24, 2.45) is 7.05 Å². The van der Waals surface area contributed by atoms with E-state index >= 15 is 0 Å². The zero-order chi connectivity index (χ0) is 12.3. The van der Waals surface area contributed by atoms with E-state index in [4.69, 9.17) is 5.73 Å². The van der Waals surface area contributed by atoms with Crippen molar-refractivity contribution in [2.75, 3.05) is 17.6 Å². The summed E-state index contributed by atoms with van der Waals surface area (Å²) in [6.45, 7) is 2.66. The van der Waals surface area contributed by atoms with E-state index < -0.39 is 0 Å². The molecule has 0 amide bonds. The first-order chi connectivity index (χ1) is 8.16. The topological polar surface area (TPSA) is 94.5 Å². The number of rotatable bonds is 4. The summed E-state index contributed by atoms with van der Waals surface area (Å²) in [5.41, 5.74) is 6.50. The van der Waals surface area contributed by atoms with Crippen molar-refractivity contribution in [2.45, 2.75) is 13.3 Å². The number of nitrogen functional groups attached to an aromatic ring is 1. The number of aromatic nitrogens is 5. The van der Waals surface area contributed by atoms with Gasteiger partial charge >= 0.3 is 0 Å². The number of aryl methyl sites for hydroxylation is 2. The quantitative estimate of drug-likeness (QED) is 0.780. The molecule has 2 aromatic heterocycles. The highest BCUT2D eigenvalue weighted by Crippen LogP contribution is 2.10. The Morgan fingerprint density at radius 1 is 1.47 bits per heavy atom. The SMILES string of the molecule is Cc1cnc(N)nc1NCCc1nncn1C. The van der Waals surface area contributed by atoms with Gasteiger partial charge < -0.3 is 15.6 Å². The first kappa shape index (κ1) is 11.3. The van der Waals surface area contributed by atoms with Gasteiger partial charge in [-0.2, -0.15) is 4.98 Å². The highest BCUT2D eigenvalue weighted by Gasteiger charge is 2.03. The van der Waals surface area contributed by atoms with Crippen LogP contribution in [0.2, 0.25) is 0 Å². The average molecular weight is 233 g/mol. The van der Waals surface area contributed by atoms with Crippen molar-refractivity contribution in [1.82, 2.24) is 24.7 Å². The fourth-order valence-corrected chi connectivity index (χ4v) is 1.46. The monoisotopic (exact) mass is 233 g/mol. The summed E-state index contributed by atoms with van der Waals surface area (Å²) in [5, 5.41) is 11.0. The van der Waals surface area contributed by atoms with Crippen LogP contribution in [0.25, 0.3) is 0 Å². The van der Waals surface area contributed by atoms with Gasteiger partial charge in [-0.15, -0.1) is 10.2 Å². The van der Waals surface area contributed by atoms with Gasteiger partial charge in [-0.05, 0) is 6.92 Å². The summed E-state index contributed by atoms with van der Waals surface area (Å²) in [7, 11) is 1.92. The Hall–Kier alpha value is -2.18. The standard InChI is InChI=1S/C10H15N7/c1-7-5-13-10(11)15-9(7)12-4-3-8-16-14-6-17(8)2/h5-6H,3-4H2,1-2H3,(H3,11,12,13,15). The Balaban J connectivity index is 1.94. The molecular formula is C10H15N7. The molecule has 0 spiro atoms. The maximum absolute atomic E-state index is 5.53. The van der Waals surface area contributed by atoms with E-state index in [1.54, 1.807) is 12.5 Å². The number of hydrogen-bond acceptors (Lipinski definition) is 6. The minimum Gasteiger partial charge on any atom is -0.369 e. The van der Waals surface area contributed by atoms with Crippen molar-refractivity contribution in [3.05, 3.63) is 23.9 Å². The number of nitrogens with zero attached hydrogens (tertiary/aromatic N) is 5. The largest absolute Gasteiger partial charge is 0.369 e. The summed E-state index contributed by atoms with van der Waals surface area (Å²) in [5.74, 6) is 1.97. The maximum Gasteiger partial charge on any atom is 0.221 e. The molecule has 0 aliphatic carbocycles. The Morgan fingerprint density at radius 3 is 3.00 bits per heavy atom. The molecule has 2 aromatic rings. The van der Waals surface area contributed by atoms with Crippen LogP contribution in [0.5, 0.6) is 0 Å². The fraction of sp³-hybridized carbons (Fsp3) is 0.400. The minimum atomic E-state index is 0.275. The third kappa shape index (κ3) is 2.68. The predicted octanol–water partition coefficient (Wildman–Crippen LogP) is 0.150. The summed E-state index contributed by atoms with van der Waals surface area (Å²) >= 11 is 0. The summed E-state index contributed by atoms with van der Waals surface area (Å²) < 4.78 is 1.89. The van der Waals surface area contributed by atoms with Crippen LogP contribution < -0.4 is 11.1 Å². The molecule has 0 aliphatic rings. The lowest BCUT2D eigenvalue weighted by atomic mass is 10.3. The van der Waals surface area contributed by atoms with E-state index in [0.717, 1.165) is 30.2 Å². The Morgan fingerprint density at radius 2 is 2.29 bits per heavy atom. The minimum absolute atomic E-state index is 0.275. The second-order valence-corrected chi connectivity index (χ2v) is 3.79. The molecule has 3 N–H and O–H groups in total. The van der Waals surface area contributed by atoms with Gasteiger partial charge in [0.05, 0.1) is 0 Å². The molecule has 2 rings (SSSR count). The van der Waals surface area contributed by atoms with Crippen molar-refractivity contribution >= 4 is 11.8 Å². The van der Waals surface area contributed by atoms with Crippen LogP contribution in [0.1, 0.15) is 11.4 Å². The van der Waals surface area contributed by atoms with Crippen LogP contribution in [-0.4, -0.2) is 31.3 Å². The van der Waals surface area contributed by atoms with Crippen LogP contribution in [0, 0.1) is 6.92 Å². The van der Waals surface area contributed by atoms with Gasteiger partial charge in [-0.3, -0.25) is 0 Å². The Bertz CT molecular complexity index is 505. The van der Waals surface area contributed by atoms with E-state index in [1.807, 2.05) is 18.5 Å². The highest BCUT2D eigenvalue weighted by molar-refractivity contribution is 5.44. The van der Waals surface area contributed by atoms with Crippen LogP contribution in [0.3, 0.4) is 0 Å². The third-order valence-electron chi connectivity index (χ3n) is 2.44. The zero-order valence-corrected chi connectivity index (χ0v) is 9.88. The Kier molecular flexibility index (Phi) is 3.17. The van der Waals surface area contributed by atoms with Gasteiger partial charge in [-0.1, -0.05) is 0 Å². The smallest absolute Gasteiger partial charge is 0.221 e. The summed E-state index contributed by atoms with van der Waals surface area (Å²) in [6.07, 6.45) is 4.16.